The SMILES string of the molecule is C=C[C@@H]1C[C@]1(CC(=O)[C@@H]1C[C@@]2(CN1C(=O)[C@@H](CC(=O)[C@@H](NC(=O)[C@H]1CCCCN1C(C)C)C1CCCCC1)C(C)(C)C)C(C)(C)C21CCC1)C(=O)NS(=O)(=O)N(C)CCC. The van der Waals surface area contributed by atoms with Gasteiger partial charge in [0.1, 0.15) is 0 Å². The van der Waals surface area contributed by atoms with E-state index in [1.807, 2.05) is 27.7 Å². The monoisotopic (exact) mass is 856 g/mol. The number of allylic oxidation sites excluding steroid dienone is 1. The van der Waals surface area contributed by atoms with E-state index in [0.29, 0.717) is 25.8 Å². The number of carbonyl (C=O) groups excluding carboxylic acids is 5. The third kappa shape index (κ3) is 8.19. The normalized spacial score (nSPS) is 31.1. The fourth-order valence-electron chi connectivity index (χ4n) is 12.8. The lowest BCUT2D eigenvalue weighted by atomic mass is 9.73. The molecule has 6 rings (SSSR count). The molecule has 3 amide bonds. The maximum Gasteiger partial charge on any atom is 0.303 e. The Morgan fingerprint density at radius 1 is 0.917 bits per heavy atom. The van der Waals surface area contributed by atoms with Gasteiger partial charge in [-0.15, -0.1) is 6.58 Å². The van der Waals surface area contributed by atoms with Crippen molar-refractivity contribution in [2.75, 3.05) is 26.7 Å². The topological polar surface area (TPSA) is 153 Å². The molecule has 0 unspecified atom stereocenters. The summed E-state index contributed by atoms with van der Waals surface area (Å²) in [5, 5.41) is 3.28. The molecule has 7 atom stereocenters. The van der Waals surface area contributed by atoms with E-state index >= 15 is 4.79 Å². The van der Waals surface area contributed by atoms with Crippen molar-refractivity contribution in [3.63, 3.8) is 0 Å². The number of rotatable bonds is 17. The van der Waals surface area contributed by atoms with E-state index in [2.05, 4.69) is 49.2 Å². The van der Waals surface area contributed by atoms with Crippen LogP contribution in [0, 0.1) is 44.8 Å². The van der Waals surface area contributed by atoms with Crippen LogP contribution >= 0.6 is 0 Å². The Bertz CT molecular complexity index is 1800. The van der Waals surface area contributed by atoms with Crippen molar-refractivity contribution < 1.29 is 32.4 Å². The molecule has 2 saturated heterocycles. The van der Waals surface area contributed by atoms with E-state index in [1.54, 1.807) is 11.0 Å². The summed E-state index contributed by atoms with van der Waals surface area (Å²) in [6.07, 6.45) is 13.5. The van der Waals surface area contributed by atoms with Crippen molar-refractivity contribution in [1.29, 1.82) is 0 Å². The number of hydrogen-bond donors (Lipinski definition) is 2. The Labute approximate surface area is 361 Å². The van der Waals surface area contributed by atoms with Gasteiger partial charge >= 0.3 is 10.2 Å². The second kappa shape index (κ2) is 17.1. The molecule has 2 spiro atoms. The van der Waals surface area contributed by atoms with Gasteiger partial charge in [0.25, 0.3) is 0 Å². The predicted octanol–water partition coefficient (Wildman–Crippen LogP) is 6.59. The highest BCUT2D eigenvalue weighted by Crippen LogP contribution is 2.88. The molecular weight excluding hydrogens is 779 g/mol. The quantitative estimate of drug-likeness (QED) is 0.156. The van der Waals surface area contributed by atoms with Crippen molar-refractivity contribution in [3.05, 3.63) is 12.7 Å². The first-order valence-corrected chi connectivity index (χ1v) is 24.8. The number of hydrogen-bond acceptors (Lipinski definition) is 8. The fourth-order valence-corrected chi connectivity index (χ4v) is 13.8. The van der Waals surface area contributed by atoms with Gasteiger partial charge < -0.3 is 10.2 Å². The van der Waals surface area contributed by atoms with Crippen molar-refractivity contribution in [2.24, 2.45) is 44.8 Å². The van der Waals surface area contributed by atoms with Crippen LogP contribution in [-0.2, 0) is 34.2 Å². The van der Waals surface area contributed by atoms with E-state index in [9.17, 15) is 27.6 Å². The number of amides is 3. The third-order valence-electron chi connectivity index (χ3n) is 17.0. The molecule has 2 N–H and O–H groups in total. The lowest BCUT2D eigenvalue weighted by Gasteiger charge is -2.40. The van der Waals surface area contributed by atoms with Gasteiger partial charge in [-0.05, 0) is 106 Å². The number of ketones is 2. The zero-order valence-electron chi connectivity index (χ0n) is 38.4. The average Bonchev–Trinajstić information content (AvgIpc) is 3.90. The van der Waals surface area contributed by atoms with E-state index < -0.39 is 44.9 Å². The molecule has 0 radical (unpaired) electrons. The van der Waals surface area contributed by atoms with Crippen LogP contribution in [0.3, 0.4) is 0 Å². The third-order valence-corrected chi connectivity index (χ3v) is 18.5. The number of likely N-dealkylation sites (tertiary alicyclic amines) is 2. The van der Waals surface area contributed by atoms with Gasteiger partial charge in [0, 0.05) is 50.4 Å². The van der Waals surface area contributed by atoms with Crippen LogP contribution in [0.2, 0.25) is 0 Å². The lowest BCUT2D eigenvalue weighted by Crippen LogP contribution is -2.57. The summed E-state index contributed by atoms with van der Waals surface area (Å²) in [7, 11) is -2.70. The van der Waals surface area contributed by atoms with Crippen molar-refractivity contribution in [2.45, 2.75) is 182 Å². The lowest BCUT2D eigenvalue weighted by molar-refractivity contribution is -0.147. The summed E-state index contributed by atoms with van der Waals surface area (Å²) in [6, 6.07) is -1.59. The highest BCUT2D eigenvalue weighted by atomic mass is 32.2. The summed E-state index contributed by atoms with van der Waals surface area (Å²) in [6.45, 7) is 21.9. The first kappa shape index (κ1) is 46.9. The average molecular weight is 856 g/mol. The van der Waals surface area contributed by atoms with Crippen LogP contribution in [0.1, 0.15) is 158 Å². The number of piperidine rings is 1. The molecule has 0 aromatic heterocycles. The number of carbonyl (C=O) groups is 5. The number of fused-ring (bicyclic) bond motifs is 1. The molecule has 12 nitrogen and oxygen atoms in total. The Morgan fingerprint density at radius 2 is 1.57 bits per heavy atom. The van der Waals surface area contributed by atoms with E-state index in [4.69, 9.17) is 0 Å². The maximum atomic E-state index is 15.4. The molecule has 4 saturated carbocycles. The minimum absolute atomic E-state index is 0.00129. The van der Waals surface area contributed by atoms with Gasteiger partial charge in [-0.3, -0.25) is 28.9 Å². The Hall–Kier alpha value is -2.64. The standard InChI is InChI=1S/C47H77N5O7S/c1-11-24-50(10)60(58,59)49-42(57)45(27-33(45)12-2)29-38(54)36-28-47(44(8,9)46(47)22-18-23-46)30-52(36)41(56)34(43(5,6)7)26-37(53)39(32-19-14-13-15-20-32)48-40(55)35-21-16-17-25-51(35)31(3)4/h12,31-36,39H,2,11,13-30H2,1,3-10H3,(H,48,55)(H,49,57)/t33-,34-,35-,36+,39+,45-,47-/m1/s1. The molecule has 13 heteroatoms. The predicted molar refractivity (Wildman–Crippen MR) is 234 cm³/mol. The number of Topliss-reactive ketones (excluding diaryl/α,β-unsaturated/α-hetero) is 2. The number of nitrogens with zero attached hydrogens (tertiary/aromatic N) is 3. The Kier molecular flexibility index (Phi) is 13.4. The minimum Gasteiger partial charge on any atom is -0.345 e. The molecule has 0 bridgehead atoms. The van der Waals surface area contributed by atoms with Crippen molar-refractivity contribution >= 4 is 39.5 Å². The number of nitrogens with one attached hydrogen (secondary N) is 2. The van der Waals surface area contributed by atoms with Gasteiger partial charge in [0.2, 0.25) is 17.7 Å². The highest BCUT2D eigenvalue weighted by Gasteiger charge is 2.85. The molecule has 2 aliphatic heterocycles. The van der Waals surface area contributed by atoms with Gasteiger partial charge in [0.05, 0.1) is 23.5 Å². The van der Waals surface area contributed by atoms with Gasteiger partial charge in [0.15, 0.2) is 11.6 Å². The van der Waals surface area contributed by atoms with E-state index in [-0.39, 0.29) is 82.9 Å². The molecule has 6 fully saturated rings. The summed E-state index contributed by atoms with van der Waals surface area (Å²) >= 11 is 0. The highest BCUT2D eigenvalue weighted by molar-refractivity contribution is 7.87. The molecule has 60 heavy (non-hydrogen) atoms. The summed E-state index contributed by atoms with van der Waals surface area (Å²) in [5.74, 6) is -2.53. The second-order valence-electron chi connectivity index (χ2n) is 21.7. The molecular formula is C47H77N5O7S. The molecule has 0 aromatic carbocycles. The zero-order valence-corrected chi connectivity index (χ0v) is 39.2. The minimum atomic E-state index is -4.12. The molecule has 6 aliphatic rings. The maximum absolute atomic E-state index is 15.4. The van der Waals surface area contributed by atoms with Crippen molar-refractivity contribution in [3.8, 4) is 0 Å². The molecule has 338 valence electrons. The second-order valence-corrected chi connectivity index (χ2v) is 23.5. The molecule has 0 aromatic rings. The molecule has 2 heterocycles. The summed E-state index contributed by atoms with van der Waals surface area (Å²) < 4.78 is 29.6. The molecule has 4 aliphatic carbocycles. The van der Waals surface area contributed by atoms with Crippen LogP contribution in [-0.4, -0.2) is 103 Å². The zero-order chi connectivity index (χ0) is 44.2. The Morgan fingerprint density at radius 3 is 2.10 bits per heavy atom. The van der Waals surface area contributed by atoms with E-state index in [0.717, 1.165) is 81.5 Å². The Balaban J connectivity index is 1.28. The van der Waals surface area contributed by atoms with Gasteiger partial charge in [-0.25, -0.2) is 4.72 Å². The first-order chi connectivity index (χ1) is 28.0. The largest absolute Gasteiger partial charge is 0.345 e. The van der Waals surface area contributed by atoms with Gasteiger partial charge in [-0.1, -0.05) is 79.7 Å². The van der Waals surface area contributed by atoms with Crippen LogP contribution in [0.4, 0.5) is 0 Å². The first-order valence-electron chi connectivity index (χ1n) is 23.4. The fraction of sp³-hybridized carbons (Fsp3) is 0.851. The van der Waals surface area contributed by atoms with Crippen LogP contribution in [0.5, 0.6) is 0 Å². The smallest absolute Gasteiger partial charge is 0.303 e. The van der Waals surface area contributed by atoms with Crippen molar-refractivity contribution in [1.82, 2.24) is 24.1 Å². The summed E-state index contributed by atoms with van der Waals surface area (Å²) in [4.78, 5) is 77.1. The van der Waals surface area contributed by atoms with Gasteiger partial charge in [-0.2, -0.15) is 12.7 Å². The van der Waals surface area contributed by atoms with Crippen LogP contribution in [0.25, 0.3) is 0 Å². The van der Waals surface area contributed by atoms with Crippen LogP contribution < -0.4 is 10.0 Å². The summed E-state index contributed by atoms with van der Waals surface area (Å²) in [5.41, 5.74) is -2.27. The van der Waals surface area contributed by atoms with E-state index in [1.165, 1.54) is 7.05 Å². The van der Waals surface area contributed by atoms with Crippen LogP contribution in [0.15, 0.2) is 12.7 Å².